The Morgan fingerprint density at radius 3 is 2.85 bits per heavy atom. The zero-order valence-corrected chi connectivity index (χ0v) is 17.0. The van der Waals surface area contributed by atoms with Gasteiger partial charge in [0, 0.05) is 43.9 Å². The summed E-state index contributed by atoms with van der Waals surface area (Å²) in [6.45, 7) is 9.79. The van der Waals surface area contributed by atoms with Crippen LogP contribution in [0.4, 0.5) is 0 Å². The fourth-order valence-corrected chi connectivity index (χ4v) is 3.70. The topological polar surface area (TPSA) is 85.3 Å². The first-order valence-electron chi connectivity index (χ1n) is 9.33. The van der Waals surface area contributed by atoms with Crippen molar-refractivity contribution in [3.8, 4) is 0 Å². The molecule has 0 spiro atoms. The number of H-pyrrole nitrogens is 1. The summed E-state index contributed by atoms with van der Waals surface area (Å²) in [4.78, 5) is 14.8. The first-order chi connectivity index (χ1) is 12.8. The van der Waals surface area contributed by atoms with Gasteiger partial charge in [-0.25, -0.2) is 0 Å². The predicted octanol–water partition coefficient (Wildman–Crippen LogP) is 2.16. The molecule has 0 aromatic carbocycles. The van der Waals surface area contributed by atoms with E-state index >= 15 is 0 Å². The van der Waals surface area contributed by atoms with Crippen LogP contribution in [-0.2, 0) is 29.0 Å². The molecule has 8 nitrogen and oxygen atoms in total. The van der Waals surface area contributed by atoms with E-state index < -0.39 is 0 Å². The molecule has 1 aliphatic rings. The van der Waals surface area contributed by atoms with Gasteiger partial charge < -0.3 is 14.4 Å². The van der Waals surface area contributed by atoms with Crippen LogP contribution < -0.4 is 0 Å². The van der Waals surface area contributed by atoms with Crippen molar-refractivity contribution in [1.29, 1.82) is 0 Å². The van der Waals surface area contributed by atoms with Gasteiger partial charge in [-0.3, -0.25) is 14.6 Å². The van der Waals surface area contributed by atoms with Crippen LogP contribution in [0.25, 0.3) is 0 Å². The lowest BCUT2D eigenvalue weighted by Gasteiger charge is -2.25. The molecule has 0 aliphatic carbocycles. The van der Waals surface area contributed by atoms with Crippen LogP contribution in [0, 0.1) is 13.8 Å². The summed E-state index contributed by atoms with van der Waals surface area (Å²) in [6, 6.07) is 0. The van der Waals surface area contributed by atoms with E-state index in [0.717, 1.165) is 28.2 Å². The Labute approximate surface area is 159 Å². The van der Waals surface area contributed by atoms with Crippen LogP contribution in [0.3, 0.4) is 0 Å². The number of amides is 1. The van der Waals surface area contributed by atoms with Gasteiger partial charge in [-0.05, 0) is 27.7 Å². The Bertz CT molecular complexity index is 826. The summed E-state index contributed by atoms with van der Waals surface area (Å²) < 4.78 is 12.9. The van der Waals surface area contributed by atoms with Gasteiger partial charge in [-0.1, -0.05) is 0 Å². The first-order valence-corrected chi connectivity index (χ1v) is 9.33. The van der Waals surface area contributed by atoms with E-state index in [0.29, 0.717) is 31.8 Å². The predicted molar refractivity (Wildman–Crippen MR) is 101 cm³/mol. The van der Waals surface area contributed by atoms with Crippen molar-refractivity contribution >= 4 is 5.91 Å². The molecule has 0 fully saturated rings. The van der Waals surface area contributed by atoms with Crippen molar-refractivity contribution in [3.05, 3.63) is 33.9 Å². The molecular weight excluding hydrogens is 346 g/mol. The van der Waals surface area contributed by atoms with Gasteiger partial charge in [0.1, 0.15) is 0 Å². The minimum absolute atomic E-state index is 0.0745. The van der Waals surface area contributed by atoms with Crippen LogP contribution in [0.5, 0.6) is 0 Å². The minimum Gasteiger partial charge on any atom is -0.383 e. The summed E-state index contributed by atoms with van der Waals surface area (Å²) in [7, 11) is 3.48. The monoisotopic (exact) mass is 375 g/mol. The third kappa shape index (κ3) is 3.77. The van der Waals surface area contributed by atoms with Crippen molar-refractivity contribution in [2.24, 2.45) is 0 Å². The Morgan fingerprint density at radius 2 is 2.15 bits per heavy atom. The Morgan fingerprint density at radius 1 is 1.41 bits per heavy atom. The third-order valence-corrected chi connectivity index (χ3v) is 5.22. The van der Waals surface area contributed by atoms with Crippen LogP contribution in [0.2, 0.25) is 0 Å². The van der Waals surface area contributed by atoms with Crippen molar-refractivity contribution in [2.45, 2.75) is 59.4 Å². The molecule has 0 unspecified atom stereocenters. The van der Waals surface area contributed by atoms with E-state index in [4.69, 9.17) is 9.47 Å². The smallest absolute Gasteiger partial charge is 0.274 e. The second kappa shape index (κ2) is 7.82. The van der Waals surface area contributed by atoms with Gasteiger partial charge in [0.25, 0.3) is 5.91 Å². The van der Waals surface area contributed by atoms with Gasteiger partial charge in [-0.15, -0.1) is 0 Å². The molecule has 1 amide bonds. The fraction of sp³-hybridized carbons (Fsp3) is 0.632. The van der Waals surface area contributed by atoms with E-state index in [9.17, 15) is 4.79 Å². The number of aromatic amines is 1. The SMILES string of the molecule is COCCn1nc(C)c(CN(C)C(=O)c2n[nH]c3c2C[C@H](C)O[C@@H]3C)c1C. The molecular formula is C19H29N5O3. The number of nitrogens with zero attached hydrogens (tertiary/aromatic N) is 4. The molecule has 3 rings (SSSR count). The number of fused-ring (bicyclic) bond motifs is 1. The molecule has 0 radical (unpaired) electrons. The molecule has 2 aromatic rings. The molecule has 27 heavy (non-hydrogen) atoms. The van der Waals surface area contributed by atoms with E-state index in [1.165, 1.54) is 0 Å². The summed E-state index contributed by atoms with van der Waals surface area (Å²) >= 11 is 0. The maximum atomic E-state index is 13.1. The minimum atomic E-state index is -0.0859. The zero-order valence-electron chi connectivity index (χ0n) is 17.0. The number of rotatable bonds is 6. The maximum absolute atomic E-state index is 13.1. The van der Waals surface area contributed by atoms with Crippen molar-refractivity contribution < 1.29 is 14.3 Å². The van der Waals surface area contributed by atoms with Crippen molar-refractivity contribution in [1.82, 2.24) is 24.9 Å². The number of ether oxygens (including phenoxy) is 2. The van der Waals surface area contributed by atoms with Gasteiger partial charge >= 0.3 is 0 Å². The first kappa shape index (κ1) is 19.6. The molecule has 3 heterocycles. The highest BCUT2D eigenvalue weighted by Crippen LogP contribution is 2.30. The quantitative estimate of drug-likeness (QED) is 0.836. The molecule has 0 bridgehead atoms. The van der Waals surface area contributed by atoms with Crippen molar-refractivity contribution in [2.75, 3.05) is 20.8 Å². The second-order valence-corrected chi connectivity index (χ2v) is 7.28. The van der Waals surface area contributed by atoms with Crippen LogP contribution >= 0.6 is 0 Å². The van der Waals surface area contributed by atoms with Gasteiger partial charge in [-0.2, -0.15) is 10.2 Å². The summed E-state index contributed by atoms with van der Waals surface area (Å²) in [5.41, 5.74) is 5.44. The molecule has 1 aliphatic heterocycles. The fourth-order valence-electron chi connectivity index (χ4n) is 3.70. The number of nitrogens with one attached hydrogen (secondary N) is 1. The molecule has 148 valence electrons. The van der Waals surface area contributed by atoms with E-state index in [1.54, 1.807) is 19.1 Å². The zero-order chi connectivity index (χ0) is 19.7. The Kier molecular flexibility index (Phi) is 5.67. The van der Waals surface area contributed by atoms with Crippen LogP contribution in [0.1, 0.15) is 58.6 Å². The third-order valence-electron chi connectivity index (χ3n) is 5.22. The molecule has 8 heteroatoms. The molecule has 0 saturated heterocycles. The van der Waals surface area contributed by atoms with Crippen LogP contribution in [-0.4, -0.2) is 57.7 Å². The highest BCUT2D eigenvalue weighted by molar-refractivity contribution is 5.94. The second-order valence-electron chi connectivity index (χ2n) is 7.28. The highest BCUT2D eigenvalue weighted by Gasteiger charge is 2.31. The molecule has 2 atom stereocenters. The molecule has 2 aromatic heterocycles. The normalized spacial score (nSPS) is 19.2. The maximum Gasteiger partial charge on any atom is 0.274 e. The number of hydrogen-bond donors (Lipinski definition) is 1. The molecule has 1 N–H and O–H groups in total. The van der Waals surface area contributed by atoms with Crippen molar-refractivity contribution in [3.63, 3.8) is 0 Å². The average Bonchev–Trinajstić information content (AvgIpc) is 3.15. The summed E-state index contributed by atoms with van der Waals surface area (Å²) in [6.07, 6.45) is 0.690. The number of hydrogen-bond acceptors (Lipinski definition) is 5. The largest absolute Gasteiger partial charge is 0.383 e. The van der Waals surface area contributed by atoms with Crippen LogP contribution in [0.15, 0.2) is 0 Å². The Balaban J connectivity index is 1.79. The number of aryl methyl sites for hydroxylation is 1. The molecule has 0 saturated carbocycles. The summed E-state index contributed by atoms with van der Waals surface area (Å²) in [5, 5.41) is 11.9. The lowest BCUT2D eigenvalue weighted by Crippen LogP contribution is -2.29. The van der Waals surface area contributed by atoms with E-state index in [-0.39, 0.29) is 18.1 Å². The number of carbonyl (C=O) groups is 1. The standard InChI is InChI=1S/C19H29N5O3/c1-11-9-15-17(14(4)27-11)20-21-18(15)19(25)23(5)10-16-12(2)22-24(13(16)3)7-8-26-6/h11,14H,7-10H2,1-6H3,(H,20,21)/t11-,14+/m0/s1. The average molecular weight is 375 g/mol. The highest BCUT2D eigenvalue weighted by atomic mass is 16.5. The van der Waals surface area contributed by atoms with Gasteiger partial charge in [0.05, 0.1) is 36.7 Å². The number of methoxy groups -OCH3 is 1. The number of aromatic nitrogens is 4. The van der Waals surface area contributed by atoms with Gasteiger partial charge in [0.15, 0.2) is 5.69 Å². The number of carbonyl (C=O) groups excluding carboxylic acids is 1. The lowest BCUT2D eigenvalue weighted by atomic mass is 9.99. The Hall–Kier alpha value is -2.19. The van der Waals surface area contributed by atoms with Gasteiger partial charge in [0.2, 0.25) is 0 Å². The van der Waals surface area contributed by atoms with E-state index in [2.05, 4.69) is 15.3 Å². The lowest BCUT2D eigenvalue weighted by molar-refractivity contribution is -0.00701. The summed E-state index contributed by atoms with van der Waals surface area (Å²) in [5.74, 6) is -0.0859. The van der Waals surface area contributed by atoms with E-state index in [1.807, 2.05) is 32.4 Å².